The van der Waals surface area contributed by atoms with Gasteiger partial charge in [-0.15, -0.1) is 0 Å². The van der Waals surface area contributed by atoms with Crippen molar-refractivity contribution in [2.45, 2.75) is 6.42 Å². The van der Waals surface area contributed by atoms with Crippen LogP contribution < -0.4 is 4.74 Å². The molecule has 0 aromatic carbocycles. The fourth-order valence-electron chi connectivity index (χ4n) is 1.89. The van der Waals surface area contributed by atoms with Crippen LogP contribution >= 0.6 is 0 Å². The molecular weight excluding hydrogens is 207 g/mol. The normalized spacial score (nSPS) is 13.3. The maximum Gasteiger partial charge on any atom is 0.149 e. The van der Waals surface area contributed by atoms with E-state index in [-0.39, 0.29) is 5.82 Å². The smallest absolute Gasteiger partial charge is 0.149 e. The van der Waals surface area contributed by atoms with Crippen molar-refractivity contribution in [1.82, 2.24) is 9.97 Å². The molecule has 3 nitrogen and oxygen atoms in total. The van der Waals surface area contributed by atoms with E-state index in [9.17, 15) is 4.39 Å². The van der Waals surface area contributed by atoms with Crippen LogP contribution in [0.15, 0.2) is 30.9 Å². The zero-order valence-electron chi connectivity index (χ0n) is 8.48. The fourth-order valence-corrected chi connectivity index (χ4v) is 1.89. The molecule has 0 spiro atoms. The Hall–Kier alpha value is -1.97. The van der Waals surface area contributed by atoms with Crippen LogP contribution in [0.1, 0.15) is 5.56 Å². The molecule has 3 rings (SSSR count). The number of hydrogen-bond donors (Lipinski definition) is 0. The van der Waals surface area contributed by atoms with Gasteiger partial charge in [0.25, 0.3) is 0 Å². The maximum absolute atomic E-state index is 13.6. The molecule has 0 unspecified atom stereocenters. The molecule has 80 valence electrons. The Kier molecular flexibility index (Phi) is 2.06. The third-order valence-corrected chi connectivity index (χ3v) is 2.65. The Morgan fingerprint density at radius 3 is 2.94 bits per heavy atom. The summed E-state index contributed by atoms with van der Waals surface area (Å²) in [5.74, 6) is 0.397. The van der Waals surface area contributed by atoms with Crippen molar-refractivity contribution >= 4 is 0 Å². The molecular formula is C12H9FN2O. The average molecular weight is 216 g/mol. The van der Waals surface area contributed by atoms with Gasteiger partial charge in [0.1, 0.15) is 11.6 Å². The zero-order valence-corrected chi connectivity index (χ0v) is 8.48. The van der Waals surface area contributed by atoms with E-state index in [2.05, 4.69) is 9.97 Å². The molecule has 0 atom stereocenters. The first-order valence-electron chi connectivity index (χ1n) is 5.06. The molecule has 0 radical (unpaired) electrons. The minimum atomic E-state index is -0.354. The Morgan fingerprint density at radius 2 is 2.06 bits per heavy atom. The lowest BCUT2D eigenvalue weighted by atomic mass is 10.1. The molecule has 0 N–H and O–H groups in total. The number of fused-ring (bicyclic) bond motifs is 1. The van der Waals surface area contributed by atoms with Crippen LogP contribution in [0.5, 0.6) is 5.75 Å². The van der Waals surface area contributed by atoms with Gasteiger partial charge >= 0.3 is 0 Å². The summed E-state index contributed by atoms with van der Waals surface area (Å²) in [5, 5.41) is 0. The van der Waals surface area contributed by atoms with Crippen molar-refractivity contribution in [3.63, 3.8) is 0 Å². The van der Waals surface area contributed by atoms with E-state index in [1.807, 2.05) is 0 Å². The number of pyridine rings is 2. The van der Waals surface area contributed by atoms with Crippen LogP contribution in [0.4, 0.5) is 4.39 Å². The second-order valence-electron chi connectivity index (χ2n) is 3.63. The van der Waals surface area contributed by atoms with E-state index in [0.29, 0.717) is 17.7 Å². The van der Waals surface area contributed by atoms with E-state index in [1.165, 1.54) is 6.20 Å². The van der Waals surface area contributed by atoms with Crippen LogP contribution in [0, 0.1) is 5.82 Å². The van der Waals surface area contributed by atoms with Gasteiger partial charge in [0.05, 0.1) is 12.8 Å². The summed E-state index contributed by atoms with van der Waals surface area (Å²) >= 11 is 0. The number of halogens is 1. The predicted molar refractivity (Wildman–Crippen MR) is 56.6 cm³/mol. The summed E-state index contributed by atoms with van der Waals surface area (Å²) in [6.07, 6.45) is 6.99. The monoisotopic (exact) mass is 216 g/mol. The van der Waals surface area contributed by atoms with Gasteiger partial charge in [0.2, 0.25) is 0 Å². The maximum atomic E-state index is 13.6. The van der Waals surface area contributed by atoms with E-state index in [0.717, 1.165) is 17.7 Å². The highest BCUT2D eigenvalue weighted by atomic mass is 19.1. The fraction of sp³-hybridized carbons (Fsp3) is 0.167. The Balaban J connectivity index is 2.21. The molecule has 0 fully saturated rings. The average Bonchev–Trinajstić information content (AvgIpc) is 2.77. The Bertz CT molecular complexity index is 542. The molecule has 4 heteroatoms. The highest BCUT2D eigenvalue weighted by molar-refractivity contribution is 5.71. The summed E-state index contributed by atoms with van der Waals surface area (Å²) in [4.78, 5) is 7.83. The van der Waals surface area contributed by atoms with Crippen LogP contribution in [-0.4, -0.2) is 16.6 Å². The Morgan fingerprint density at radius 1 is 1.12 bits per heavy atom. The zero-order chi connectivity index (χ0) is 11.0. The molecule has 0 aliphatic carbocycles. The molecule has 2 aromatic heterocycles. The minimum Gasteiger partial charge on any atom is -0.492 e. The SMILES string of the molecule is Fc1cnccc1-c1cncc2c1OCC2. The summed E-state index contributed by atoms with van der Waals surface area (Å²) in [6.45, 7) is 0.640. The highest BCUT2D eigenvalue weighted by Gasteiger charge is 2.19. The van der Waals surface area contributed by atoms with Gasteiger partial charge in [-0.1, -0.05) is 0 Å². The third kappa shape index (κ3) is 1.34. The van der Waals surface area contributed by atoms with Crippen molar-refractivity contribution in [3.8, 4) is 16.9 Å². The van der Waals surface area contributed by atoms with Crippen LogP contribution in [0.25, 0.3) is 11.1 Å². The second kappa shape index (κ2) is 3.56. The second-order valence-corrected chi connectivity index (χ2v) is 3.63. The number of ether oxygens (including phenoxy) is 1. The van der Waals surface area contributed by atoms with Gasteiger partial charge in [0, 0.05) is 41.7 Å². The molecule has 16 heavy (non-hydrogen) atoms. The lowest BCUT2D eigenvalue weighted by Gasteiger charge is -2.07. The van der Waals surface area contributed by atoms with Gasteiger partial charge in [-0.2, -0.15) is 0 Å². The minimum absolute atomic E-state index is 0.354. The number of aromatic nitrogens is 2. The first-order chi connectivity index (χ1) is 7.86. The van der Waals surface area contributed by atoms with E-state index < -0.39 is 0 Å². The lowest BCUT2D eigenvalue weighted by molar-refractivity contribution is 0.358. The molecule has 0 saturated heterocycles. The third-order valence-electron chi connectivity index (χ3n) is 2.65. The van der Waals surface area contributed by atoms with E-state index in [4.69, 9.17) is 4.74 Å². The first-order valence-corrected chi connectivity index (χ1v) is 5.06. The topological polar surface area (TPSA) is 35.0 Å². The van der Waals surface area contributed by atoms with Gasteiger partial charge in [0.15, 0.2) is 0 Å². The van der Waals surface area contributed by atoms with E-state index in [1.54, 1.807) is 24.7 Å². The van der Waals surface area contributed by atoms with E-state index >= 15 is 0 Å². The first kappa shape index (κ1) is 9.27. The molecule has 1 aliphatic rings. The van der Waals surface area contributed by atoms with Crippen LogP contribution in [0.3, 0.4) is 0 Å². The molecule has 0 saturated carbocycles. The van der Waals surface area contributed by atoms with Gasteiger partial charge in [-0.25, -0.2) is 4.39 Å². The van der Waals surface area contributed by atoms with Gasteiger partial charge in [-0.3, -0.25) is 9.97 Å². The summed E-state index contributed by atoms with van der Waals surface area (Å²) in [6, 6.07) is 1.63. The standard InChI is InChI=1S/C12H9FN2O/c13-11-7-14-3-1-9(11)10-6-15-5-8-2-4-16-12(8)10/h1,3,5-7H,2,4H2. The van der Waals surface area contributed by atoms with Gasteiger partial charge < -0.3 is 4.74 Å². The summed E-state index contributed by atoms with van der Waals surface area (Å²) in [7, 11) is 0. The van der Waals surface area contributed by atoms with Crippen molar-refractivity contribution in [2.75, 3.05) is 6.61 Å². The number of rotatable bonds is 1. The highest BCUT2D eigenvalue weighted by Crippen LogP contribution is 2.36. The van der Waals surface area contributed by atoms with Crippen molar-refractivity contribution in [3.05, 3.63) is 42.2 Å². The lowest BCUT2D eigenvalue weighted by Crippen LogP contribution is -1.92. The van der Waals surface area contributed by atoms with Crippen molar-refractivity contribution in [2.24, 2.45) is 0 Å². The largest absolute Gasteiger partial charge is 0.492 e. The predicted octanol–water partition coefficient (Wildman–Crippen LogP) is 2.22. The number of hydrogen-bond acceptors (Lipinski definition) is 3. The molecule has 1 aliphatic heterocycles. The van der Waals surface area contributed by atoms with Crippen LogP contribution in [0.2, 0.25) is 0 Å². The Labute approximate surface area is 91.9 Å². The van der Waals surface area contributed by atoms with Crippen molar-refractivity contribution < 1.29 is 9.13 Å². The van der Waals surface area contributed by atoms with Gasteiger partial charge in [-0.05, 0) is 6.07 Å². The quantitative estimate of drug-likeness (QED) is 0.733. The molecule has 0 bridgehead atoms. The summed E-state index contributed by atoms with van der Waals surface area (Å²) in [5.41, 5.74) is 2.23. The number of nitrogens with zero attached hydrogens (tertiary/aromatic N) is 2. The molecule has 0 amide bonds. The van der Waals surface area contributed by atoms with Crippen molar-refractivity contribution in [1.29, 1.82) is 0 Å². The molecule has 2 aromatic rings. The summed E-state index contributed by atoms with van der Waals surface area (Å²) < 4.78 is 19.1. The molecule has 3 heterocycles. The van der Waals surface area contributed by atoms with Crippen LogP contribution in [-0.2, 0) is 6.42 Å².